The summed E-state index contributed by atoms with van der Waals surface area (Å²) in [5, 5.41) is 2.34. The molecule has 2 aliphatic rings. The van der Waals surface area contributed by atoms with E-state index in [0.29, 0.717) is 0 Å². The minimum atomic E-state index is -0.307. The second-order valence-corrected chi connectivity index (χ2v) is 12.4. The van der Waals surface area contributed by atoms with E-state index in [1.165, 1.54) is 10.9 Å². The molecular formula is C36H28BN5O2. The number of benzene rings is 4. The van der Waals surface area contributed by atoms with Crippen LogP contribution in [0, 0.1) is 0 Å². The summed E-state index contributed by atoms with van der Waals surface area (Å²) in [4.78, 5) is 11.7. The van der Waals surface area contributed by atoms with Gasteiger partial charge in [-0.1, -0.05) is 51.1 Å². The van der Waals surface area contributed by atoms with Crippen LogP contribution in [0.4, 0.5) is 11.4 Å². The van der Waals surface area contributed by atoms with Gasteiger partial charge in [0.2, 0.25) is 0 Å². The van der Waals surface area contributed by atoms with Gasteiger partial charge in [0.15, 0.2) is 0 Å². The Kier molecular flexibility index (Phi) is 5.12. The van der Waals surface area contributed by atoms with Crippen LogP contribution in [0.25, 0.3) is 39.0 Å². The lowest BCUT2D eigenvalue weighted by Gasteiger charge is -2.30. The zero-order valence-electron chi connectivity index (χ0n) is 24.6. The van der Waals surface area contributed by atoms with Gasteiger partial charge in [-0.25, -0.2) is 9.97 Å². The highest BCUT2D eigenvalue weighted by Gasteiger charge is 2.46. The standard InChI is InChI=1S/C36H28BN5O2/c1-36(2,3)23-16-17-38-34(20-23)41-29-9-5-4-8-26(29)27-14-12-25(22-32(27)41)43-24-13-15-30-28(21-24)35-39-18-19-40(35)37-42(30)31-10-6-7-11-33(31)44-37/h4-22H,1-3H3. The minimum Gasteiger partial charge on any atom is -0.521 e. The van der Waals surface area contributed by atoms with Crippen molar-refractivity contribution in [2.24, 2.45) is 0 Å². The molecule has 0 spiro atoms. The molecule has 212 valence electrons. The van der Waals surface area contributed by atoms with Crippen molar-refractivity contribution in [3.8, 4) is 34.5 Å². The van der Waals surface area contributed by atoms with E-state index in [1.54, 1.807) is 0 Å². The van der Waals surface area contributed by atoms with E-state index in [2.05, 4.69) is 101 Å². The molecular weight excluding hydrogens is 545 g/mol. The van der Waals surface area contributed by atoms with Crippen molar-refractivity contribution in [2.75, 3.05) is 4.81 Å². The molecule has 8 heteroatoms. The molecule has 5 heterocycles. The molecule has 0 radical (unpaired) electrons. The Labute approximate surface area is 255 Å². The highest BCUT2D eigenvalue weighted by atomic mass is 16.5. The molecule has 0 atom stereocenters. The third-order valence-electron chi connectivity index (χ3n) is 8.67. The summed E-state index contributed by atoms with van der Waals surface area (Å²) >= 11 is 0. The molecule has 0 amide bonds. The maximum Gasteiger partial charge on any atom is 0.629 e. The molecule has 2 aliphatic heterocycles. The molecule has 7 aromatic rings. The van der Waals surface area contributed by atoms with E-state index in [0.717, 1.165) is 62.2 Å². The second kappa shape index (κ2) is 9.00. The van der Waals surface area contributed by atoms with Crippen LogP contribution < -0.4 is 14.2 Å². The van der Waals surface area contributed by atoms with Crippen LogP contribution in [0.3, 0.4) is 0 Å². The predicted molar refractivity (Wildman–Crippen MR) is 175 cm³/mol. The summed E-state index contributed by atoms with van der Waals surface area (Å²) in [6.07, 6.45) is 5.69. The van der Waals surface area contributed by atoms with Crippen molar-refractivity contribution in [2.45, 2.75) is 26.2 Å². The Hall–Kier alpha value is -5.50. The highest BCUT2D eigenvalue weighted by molar-refractivity contribution is 6.61. The molecule has 0 saturated heterocycles. The van der Waals surface area contributed by atoms with Gasteiger partial charge in [0, 0.05) is 46.7 Å². The first-order chi connectivity index (χ1) is 21.4. The first-order valence-corrected chi connectivity index (χ1v) is 14.8. The highest BCUT2D eigenvalue weighted by Crippen LogP contribution is 2.48. The molecule has 7 nitrogen and oxygen atoms in total. The van der Waals surface area contributed by atoms with Gasteiger partial charge >= 0.3 is 7.19 Å². The van der Waals surface area contributed by atoms with E-state index in [-0.39, 0.29) is 12.6 Å². The molecule has 0 aliphatic carbocycles. The molecule has 9 rings (SSSR count). The summed E-state index contributed by atoms with van der Waals surface area (Å²) < 4.78 is 17.2. The number of aromatic nitrogens is 4. The van der Waals surface area contributed by atoms with Crippen molar-refractivity contribution in [3.05, 3.63) is 121 Å². The zero-order chi connectivity index (χ0) is 29.6. The van der Waals surface area contributed by atoms with Crippen LogP contribution in [0.1, 0.15) is 26.3 Å². The maximum atomic E-state index is 6.57. The number of pyridine rings is 1. The van der Waals surface area contributed by atoms with Crippen LogP contribution in [-0.2, 0) is 5.41 Å². The molecule has 4 aromatic carbocycles. The number of ether oxygens (including phenoxy) is 1. The van der Waals surface area contributed by atoms with E-state index >= 15 is 0 Å². The molecule has 0 N–H and O–H groups in total. The first-order valence-electron chi connectivity index (χ1n) is 14.8. The summed E-state index contributed by atoms with van der Waals surface area (Å²) in [6.45, 7) is 6.68. The zero-order valence-corrected chi connectivity index (χ0v) is 24.6. The molecule has 44 heavy (non-hydrogen) atoms. The summed E-state index contributed by atoms with van der Waals surface area (Å²) in [5.41, 5.74) is 6.46. The predicted octanol–water partition coefficient (Wildman–Crippen LogP) is 8.51. The molecule has 0 bridgehead atoms. The van der Waals surface area contributed by atoms with Gasteiger partial charge in [-0.15, -0.1) is 0 Å². The third-order valence-corrected chi connectivity index (χ3v) is 8.67. The minimum absolute atomic E-state index is 0.00910. The van der Waals surface area contributed by atoms with Gasteiger partial charge < -0.3 is 18.7 Å². The Morgan fingerprint density at radius 3 is 2.43 bits per heavy atom. The SMILES string of the molecule is CC(C)(C)c1ccnc(-n2c3ccccc3c3ccc(Oc4ccc5c(c4)-c4nccn4B4Oc6ccccc6N45)cc32)c1. The fraction of sp³-hybridized carbons (Fsp3) is 0.111. The van der Waals surface area contributed by atoms with Crippen LogP contribution >= 0.6 is 0 Å². The summed E-state index contributed by atoms with van der Waals surface area (Å²) in [6, 6.07) is 33.4. The van der Waals surface area contributed by atoms with Crippen molar-refractivity contribution >= 4 is 40.4 Å². The molecule has 0 unspecified atom stereocenters. The maximum absolute atomic E-state index is 6.57. The van der Waals surface area contributed by atoms with Gasteiger partial charge in [-0.05, 0) is 71.6 Å². The average molecular weight is 573 g/mol. The Morgan fingerprint density at radius 2 is 1.52 bits per heavy atom. The lowest BCUT2D eigenvalue weighted by molar-refractivity contribution is 0.483. The van der Waals surface area contributed by atoms with Crippen LogP contribution in [0.15, 0.2) is 116 Å². The number of nitrogens with zero attached hydrogens (tertiary/aromatic N) is 5. The van der Waals surface area contributed by atoms with Crippen LogP contribution in [-0.4, -0.2) is 26.2 Å². The largest absolute Gasteiger partial charge is 0.629 e. The Bertz CT molecular complexity index is 2260. The third kappa shape index (κ3) is 3.64. The van der Waals surface area contributed by atoms with Crippen LogP contribution in [0.5, 0.6) is 17.2 Å². The first kappa shape index (κ1) is 25.0. The topological polar surface area (TPSA) is 57.3 Å². The fourth-order valence-electron chi connectivity index (χ4n) is 6.54. The van der Waals surface area contributed by atoms with E-state index in [9.17, 15) is 0 Å². The van der Waals surface area contributed by atoms with E-state index in [1.807, 2.05) is 48.9 Å². The second-order valence-electron chi connectivity index (χ2n) is 12.4. The van der Waals surface area contributed by atoms with Crippen molar-refractivity contribution in [1.29, 1.82) is 0 Å². The monoisotopic (exact) mass is 573 g/mol. The molecule has 3 aromatic heterocycles. The number of rotatable bonds is 3. The number of hydrogen-bond donors (Lipinski definition) is 0. The number of anilines is 2. The number of hydrogen-bond acceptors (Lipinski definition) is 5. The Morgan fingerprint density at radius 1 is 0.727 bits per heavy atom. The average Bonchev–Trinajstić information content (AvgIpc) is 3.75. The quantitative estimate of drug-likeness (QED) is 0.198. The fourth-order valence-corrected chi connectivity index (χ4v) is 6.54. The van der Waals surface area contributed by atoms with Gasteiger partial charge in [0.1, 0.15) is 28.9 Å². The smallest absolute Gasteiger partial charge is 0.521 e. The number of para-hydroxylation sites is 3. The summed E-state index contributed by atoms with van der Waals surface area (Å²) in [7, 11) is -0.307. The lowest BCUT2D eigenvalue weighted by atomic mass is 9.88. The van der Waals surface area contributed by atoms with Gasteiger partial charge in [0.05, 0.1) is 16.7 Å². The van der Waals surface area contributed by atoms with E-state index in [4.69, 9.17) is 19.4 Å². The summed E-state index contributed by atoms with van der Waals surface area (Å²) in [5.74, 6) is 4.08. The van der Waals surface area contributed by atoms with Crippen molar-refractivity contribution in [1.82, 2.24) is 19.0 Å². The normalized spacial score (nSPS) is 13.4. The number of imidazole rings is 1. The molecule has 0 saturated carbocycles. The van der Waals surface area contributed by atoms with Crippen molar-refractivity contribution in [3.63, 3.8) is 0 Å². The van der Waals surface area contributed by atoms with Crippen LogP contribution in [0.2, 0.25) is 0 Å². The number of fused-ring (bicyclic) bond motifs is 11. The van der Waals surface area contributed by atoms with Gasteiger partial charge in [-0.3, -0.25) is 4.57 Å². The lowest BCUT2D eigenvalue weighted by Crippen LogP contribution is -2.45. The molecule has 0 fully saturated rings. The van der Waals surface area contributed by atoms with Crippen molar-refractivity contribution < 1.29 is 9.39 Å². The Balaban J connectivity index is 1.15. The van der Waals surface area contributed by atoms with Gasteiger partial charge in [0.25, 0.3) is 0 Å². The van der Waals surface area contributed by atoms with Gasteiger partial charge in [-0.2, -0.15) is 0 Å². The van der Waals surface area contributed by atoms with E-state index < -0.39 is 0 Å².